The van der Waals surface area contributed by atoms with Crippen molar-refractivity contribution in [3.63, 3.8) is 0 Å². The van der Waals surface area contributed by atoms with Crippen molar-refractivity contribution < 1.29 is 4.79 Å². The molecule has 33 heavy (non-hydrogen) atoms. The second kappa shape index (κ2) is 8.94. The molecule has 0 spiro atoms. The predicted molar refractivity (Wildman–Crippen MR) is 133 cm³/mol. The molecule has 7 nitrogen and oxygen atoms in total. The molecule has 4 aromatic rings. The predicted octanol–water partition coefficient (Wildman–Crippen LogP) is 4.80. The van der Waals surface area contributed by atoms with Gasteiger partial charge in [0.25, 0.3) is 5.91 Å². The Hall–Kier alpha value is -3.26. The van der Waals surface area contributed by atoms with E-state index in [-0.39, 0.29) is 11.9 Å². The summed E-state index contributed by atoms with van der Waals surface area (Å²) in [5, 5.41) is 8.41. The maximum absolute atomic E-state index is 13.8. The third-order valence-corrected chi connectivity index (χ3v) is 7.01. The van der Waals surface area contributed by atoms with Gasteiger partial charge in [0.05, 0.1) is 22.8 Å². The number of nitrogens with zero attached hydrogens (tertiary/aromatic N) is 6. The summed E-state index contributed by atoms with van der Waals surface area (Å²) in [5.41, 5.74) is 4.41. The zero-order valence-corrected chi connectivity index (χ0v) is 20.0. The van der Waals surface area contributed by atoms with Crippen molar-refractivity contribution in [1.82, 2.24) is 24.6 Å². The van der Waals surface area contributed by atoms with Gasteiger partial charge in [-0.25, -0.2) is 14.6 Å². The lowest BCUT2D eigenvalue weighted by Crippen LogP contribution is -2.35. The topological polar surface area (TPSA) is 67.2 Å². The molecule has 0 N–H and O–H groups in total. The van der Waals surface area contributed by atoms with Crippen LogP contribution in [-0.4, -0.2) is 56.7 Å². The Labute approximate surface area is 197 Å². The monoisotopic (exact) mass is 460 g/mol. The Morgan fingerprint density at radius 3 is 2.73 bits per heavy atom. The maximum Gasteiger partial charge on any atom is 0.254 e. The zero-order chi connectivity index (χ0) is 22.9. The Balaban J connectivity index is 1.54. The van der Waals surface area contributed by atoms with E-state index in [1.165, 1.54) is 0 Å². The van der Waals surface area contributed by atoms with Crippen molar-refractivity contribution in [2.45, 2.75) is 33.2 Å². The quantitative estimate of drug-likeness (QED) is 0.438. The summed E-state index contributed by atoms with van der Waals surface area (Å²) in [4.78, 5) is 27.5. The number of anilines is 1. The summed E-state index contributed by atoms with van der Waals surface area (Å²) in [7, 11) is 0. The number of pyridine rings is 1. The van der Waals surface area contributed by atoms with Crippen LogP contribution < -0.4 is 4.90 Å². The molecule has 4 heterocycles. The summed E-state index contributed by atoms with van der Waals surface area (Å²) in [5.74, 6) is 0.0431. The molecular formula is C25H28N6OS. The van der Waals surface area contributed by atoms with E-state index in [1.54, 1.807) is 17.5 Å². The number of thiazole rings is 1. The number of aryl methyl sites for hydroxylation is 1. The van der Waals surface area contributed by atoms with Gasteiger partial charge < -0.3 is 9.80 Å². The van der Waals surface area contributed by atoms with Gasteiger partial charge in [0, 0.05) is 49.4 Å². The number of fused-ring (bicyclic) bond motifs is 1. The fraction of sp³-hybridized carbons (Fsp3) is 0.360. The molecule has 5 rings (SSSR count). The average molecular weight is 461 g/mol. The van der Waals surface area contributed by atoms with Crippen LogP contribution in [0.15, 0.2) is 48.1 Å². The van der Waals surface area contributed by atoms with E-state index < -0.39 is 0 Å². The van der Waals surface area contributed by atoms with Crippen molar-refractivity contribution >= 4 is 33.4 Å². The van der Waals surface area contributed by atoms with Gasteiger partial charge in [-0.2, -0.15) is 5.10 Å². The molecule has 0 saturated carbocycles. The molecule has 0 radical (unpaired) electrons. The van der Waals surface area contributed by atoms with Crippen LogP contribution in [-0.2, 0) is 0 Å². The molecule has 1 fully saturated rings. The third-order valence-electron chi connectivity index (χ3n) is 6.18. The molecule has 8 heteroatoms. The number of aromatic nitrogens is 4. The minimum absolute atomic E-state index is 0.0431. The van der Waals surface area contributed by atoms with E-state index >= 15 is 0 Å². The molecule has 0 unspecified atom stereocenters. The fourth-order valence-electron chi connectivity index (χ4n) is 4.43. The Morgan fingerprint density at radius 2 is 1.97 bits per heavy atom. The number of rotatable bonds is 4. The highest BCUT2D eigenvalue weighted by Gasteiger charge is 2.25. The van der Waals surface area contributed by atoms with Crippen LogP contribution in [0.3, 0.4) is 0 Å². The van der Waals surface area contributed by atoms with E-state index in [1.807, 2.05) is 39.4 Å². The van der Waals surface area contributed by atoms with E-state index in [0.717, 1.165) is 59.0 Å². The second-order valence-electron chi connectivity index (χ2n) is 8.74. The second-order valence-corrected chi connectivity index (χ2v) is 9.61. The van der Waals surface area contributed by atoms with Gasteiger partial charge in [0.15, 0.2) is 10.8 Å². The lowest BCUT2D eigenvalue weighted by Gasteiger charge is -2.22. The Bertz CT molecular complexity index is 1280. The number of amides is 1. The Morgan fingerprint density at radius 1 is 1.12 bits per heavy atom. The van der Waals surface area contributed by atoms with Gasteiger partial charge in [-0.15, -0.1) is 11.3 Å². The van der Waals surface area contributed by atoms with E-state index in [4.69, 9.17) is 4.98 Å². The van der Waals surface area contributed by atoms with Gasteiger partial charge in [-0.3, -0.25) is 4.79 Å². The van der Waals surface area contributed by atoms with Crippen LogP contribution in [0.2, 0.25) is 0 Å². The van der Waals surface area contributed by atoms with Gasteiger partial charge >= 0.3 is 0 Å². The van der Waals surface area contributed by atoms with Crippen molar-refractivity contribution in [2.24, 2.45) is 0 Å². The summed E-state index contributed by atoms with van der Waals surface area (Å²) in [6, 6.07) is 10.3. The van der Waals surface area contributed by atoms with Crippen LogP contribution in [0.5, 0.6) is 0 Å². The lowest BCUT2D eigenvalue weighted by atomic mass is 10.0. The molecule has 1 saturated heterocycles. The van der Waals surface area contributed by atoms with Crippen LogP contribution in [0, 0.1) is 6.92 Å². The smallest absolute Gasteiger partial charge is 0.254 e. The van der Waals surface area contributed by atoms with Crippen LogP contribution >= 0.6 is 11.3 Å². The minimum atomic E-state index is 0.0431. The first kappa shape index (κ1) is 21.6. The number of hydrogen-bond donors (Lipinski definition) is 0. The number of carbonyl (C=O) groups excluding carboxylic acids is 1. The molecule has 1 aliphatic rings. The standard InChI is InChI=1S/C25H28N6OS/c1-17(2)31-23-21(16-27-31)20(15-22(28-23)19-8-5-4-7-18(19)3)24(32)29-10-6-11-30(13-12-29)25-26-9-14-33-25/h4-5,7-9,14-17H,6,10-13H2,1-3H3. The third kappa shape index (κ3) is 4.11. The van der Waals surface area contributed by atoms with E-state index in [0.29, 0.717) is 12.1 Å². The molecule has 0 aliphatic carbocycles. The fourth-order valence-corrected chi connectivity index (χ4v) is 5.12. The van der Waals surface area contributed by atoms with Crippen molar-refractivity contribution in [3.05, 3.63) is 59.2 Å². The van der Waals surface area contributed by atoms with Gasteiger partial charge in [0.1, 0.15) is 0 Å². The van der Waals surface area contributed by atoms with E-state index in [9.17, 15) is 4.79 Å². The summed E-state index contributed by atoms with van der Waals surface area (Å²) < 4.78 is 1.90. The van der Waals surface area contributed by atoms with Crippen molar-refractivity contribution in [3.8, 4) is 11.3 Å². The maximum atomic E-state index is 13.8. The van der Waals surface area contributed by atoms with E-state index in [2.05, 4.69) is 47.9 Å². The van der Waals surface area contributed by atoms with Crippen molar-refractivity contribution in [1.29, 1.82) is 0 Å². The number of hydrogen-bond acceptors (Lipinski definition) is 6. The van der Waals surface area contributed by atoms with Crippen LogP contribution in [0.25, 0.3) is 22.3 Å². The molecule has 0 atom stereocenters. The lowest BCUT2D eigenvalue weighted by molar-refractivity contribution is 0.0769. The molecular weight excluding hydrogens is 432 g/mol. The highest BCUT2D eigenvalue weighted by molar-refractivity contribution is 7.13. The van der Waals surface area contributed by atoms with Gasteiger partial charge in [0.2, 0.25) is 0 Å². The molecule has 1 aromatic carbocycles. The summed E-state index contributed by atoms with van der Waals surface area (Å²) >= 11 is 1.64. The normalized spacial score (nSPS) is 14.8. The number of benzene rings is 1. The van der Waals surface area contributed by atoms with Gasteiger partial charge in [-0.05, 0) is 38.8 Å². The molecule has 0 bridgehead atoms. The van der Waals surface area contributed by atoms with Gasteiger partial charge in [-0.1, -0.05) is 24.3 Å². The SMILES string of the molecule is Cc1ccccc1-c1cc(C(=O)N2CCCN(c3nccs3)CC2)c2cnn(C(C)C)c2n1. The van der Waals surface area contributed by atoms with Crippen LogP contribution in [0.1, 0.15) is 42.2 Å². The first-order valence-electron chi connectivity index (χ1n) is 11.4. The molecule has 170 valence electrons. The molecule has 3 aromatic heterocycles. The minimum Gasteiger partial charge on any atom is -0.346 e. The van der Waals surface area contributed by atoms with Crippen molar-refractivity contribution in [2.75, 3.05) is 31.1 Å². The summed E-state index contributed by atoms with van der Waals surface area (Å²) in [6.07, 6.45) is 4.54. The molecule has 1 amide bonds. The number of carbonyl (C=O) groups is 1. The van der Waals surface area contributed by atoms with Crippen LogP contribution in [0.4, 0.5) is 5.13 Å². The highest BCUT2D eigenvalue weighted by Crippen LogP contribution is 2.29. The first-order chi connectivity index (χ1) is 16.0. The summed E-state index contributed by atoms with van der Waals surface area (Å²) in [6.45, 7) is 9.31. The zero-order valence-electron chi connectivity index (χ0n) is 19.2. The largest absolute Gasteiger partial charge is 0.346 e. The first-order valence-corrected chi connectivity index (χ1v) is 12.3. The average Bonchev–Trinajstić information content (AvgIpc) is 3.43. The highest BCUT2D eigenvalue weighted by atomic mass is 32.1. The Kier molecular flexibility index (Phi) is 5.85. The molecule has 1 aliphatic heterocycles.